The van der Waals surface area contributed by atoms with Crippen LogP contribution in [0.15, 0.2) is 83.9 Å². The molecule has 0 radical (unpaired) electrons. The standard InChI is InChI=1S/C22H20N2O2S/c1-16-10-12-19(13-11-16)27(25,26)24-21-8-4-2-6-17(21)14-18-15-23-22-9-5-3-7-20(18)22/h2-13,15,23-24H,14H2,1H3. The summed E-state index contributed by atoms with van der Waals surface area (Å²) in [6.07, 6.45) is 2.62. The van der Waals surface area contributed by atoms with E-state index in [9.17, 15) is 8.42 Å². The molecule has 0 aliphatic rings. The Morgan fingerprint density at radius 2 is 1.56 bits per heavy atom. The minimum Gasteiger partial charge on any atom is -0.361 e. The zero-order valence-corrected chi connectivity index (χ0v) is 15.8. The molecule has 136 valence electrons. The molecule has 0 bridgehead atoms. The number of nitrogens with one attached hydrogen (secondary N) is 2. The summed E-state index contributed by atoms with van der Waals surface area (Å²) in [6.45, 7) is 1.93. The lowest BCUT2D eigenvalue weighted by Crippen LogP contribution is -2.14. The first-order chi connectivity index (χ1) is 13.0. The first-order valence-corrected chi connectivity index (χ1v) is 10.2. The van der Waals surface area contributed by atoms with Crippen LogP contribution in [0.5, 0.6) is 0 Å². The normalized spacial score (nSPS) is 11.6. The van der Waals surface area contributed by atoms with Crippen LogP contribution in [0.4, 0.5) is 5.69 Å². The third kappa shape index (κ3) is 3.59. The average Bonchev–Trinajstić information content (AvgIpc) is 3.07. The Kier molecular flexibility index (Phi) is 4.46. The molecular weight excluding hydrogens is 356 g/mol. The van der Waals surface area contributed by atoms with Gasteiger partial charge in [0.2, 0.25) is 0 Å². The highest BCUT2D eigenvalue weighted by Crippen LogP contribution is 2.26. The number of H-pyrrole nitrogens is 1. The molecule has 27 heavy (non-hydrogen) atoms. The zero-order valence-electron chi connectivity index (χ0n) is 14.9. The number of para-hydroxylation sites is 2. The number of fused-ring (bicyclic) bond motifs is 1. The molecule has 0 atom stereocenters. The summed E-state index contributed by atoms with van der Waals surface area (Å²) < 4.78 is 28.3. The second kappa shape index (κ2) is 6.93. The molecule has 0 aliphatic carbocycles. The minimum atomic E-state index is -3.63. The topological polar surface area (TPSA) is 62.0 Å². The minimum absolute atomic E-state index is 0.259. The molecule has 1 heterocycles. The highest BCUT2D eigenvalue weighted by atomic mass is 32.2. The fourth-order valence-electron chi connectivity index (χ4n) is 3.18. The van der Waals surface area contributed by atoms with Crippen molar-refractivity contribution in [3.63, 3.8) is 0 Å². The average molecular weight is 376 g/mol. The van der Waals surface area contributed by atoms with Gasteiger partial charge in [0.15, 0.2) is 0 Å². The molecule has 0 unspecified atom stereocenters. The van der Waals surface area contributed by atoms with E-state index < -0.39 is 10.0 Å². The summed E-state index contributed by atoms with van der Waals surface area (Å²) in [4.78, 5) is 3.53. The Morgan fingerprint density at radius 3 is 2.37 bits per heavy atom. The van der Waals surface area contributed by atoms with Gasteiger partial charge in [0, 0.05) is 23.5 Å². The van der Waals surface area contributed by atoms with Gasteiger partial charge in [0.25, 0.3) is 10.0 Å². The number of sulfonamides is 1. The monoisotopic (exact) mass is 376 g/mol. The van der Waals surface area contributed by atoms with Crippen LogP contribution in [-0.2, 0) is 16.4 Å². The van der Waals surface area contributed by atoms with Gasteiger partial charge >= 0.3 is 0 Å². The van der Waals surface area contributed by atoms with E-state index in [2.05, 4.69) is 15.8 Å². The number of hydrogen-bond acceptors (Lipinski definition) is 2. The third-order valence-electron chi connectivity index (χ3n) is 4.65. The van der Waals surface area contributed by atoms with Crippen molar-refractivity contribution in [2.45, 2.75) is 18.2 Å². The maximum atomic E-state index is 12.8. The second-order valence-corrected chi connectivity index (χ2v) is 8.29. The Bertz CT molecular complexity index is 1190. The molecule has 0 fully saturated rings. The summed E-state index contributed by atoms with van der Waals surface area (Å²) in [5, 5.41) is 1.15. The van der Waals surface area contributed by atoms with Gasteiger partial charge in [-0.3, -0.25) is 4.72 Å². The van der Waals surface area contributed by atoms with Gasteiger partial charge in [0.1, 0.15) is 0 Å². The van der Waals surface area contributed by atoms with Gasteiger partial charge in [-0.2, -0.15) is 0 Å². The van der Waals surface area contributed by atoms with Crippen LogP contribution in [0.1, 0.15) is 16.7 Å². The molecule has 0 amide bonds. The van der Waals surface area contributed by atoms with E-state index in [4.69, 9.17) is 0 Å². The van der Waals surface area contributed by atoms with Crippen LogP contribution in [-0.4, -0.2) is 13.4 Å². The Balaban J connectivity index is 1.66. The summed E-state index contributed by atoms with van der Waals surface area (Å²) >= 11 is 0. The molecule has 4 nitrogen and oxygen atoms in total. The number of anilines is 1. The molecule has 3 aromatic carbocycles. The molecule has 4 aromatic rings. The van der Waals surface area contributed by atoms with Crippen molar-refractivity contribution < 1.29 is 8.42 Å². The Morgan fingerprint density at radius 1 is 0.852 bits per heavy atom. The van der Waals surface area contributed by atoms with Gasteiger partial charge in [-0.05, 0) is 42.3 Å². The van der Waals surface area contributed by atoms with E-state index in [0.717, 1.165) is 27.6 Å². The van der Waals surface area contributed by atoms with Crippen LogP contribution >= 0.6 is 0 Å². The number of aromatic amines is 1. The van der Waals surface area contributed by atoms with E-state index in [1.165, 1.54) is 0 Å². The van der Waals surface area contributed by atoms with Gasteiger partial charge in [-0.15, -0.1) is 0 Å². The molecular formula is C22H20N2O2S. The fraction of sp³-hybridized carbons (Fsp3) is 0.0909. The fourth-order valence-corrected chi connectivity index (χ4v) is 4.28. The molecule has 4 rings (SSSR count). The number of benzene rings is 3. The smallest absolute Gasteiger partial charge is 0.261 e. The van der Waals surface area contributed by atoms with Crippen LogP contribution in [0.3, 0.4) is 0 Å². The van der Waals surface area contributed by atoms with E-state index in [-0.39, 0.29) is 4.90 Å². The molecule has 0 spiro atoms. The molecule has 2 N–H and O–H groups in total. The van der Waals surface area contributed by atoms with Gasteiger partial charge in [0.05, 0.1) is 10.6 Å². The predicted octanol–water partition coefficient (Wildman–Crippen LogP) is 4.87. The summed E-state index contributed by atoms with van der Waals surface area (Å²) in [7, 11) is -3.63. The van der Waals surface area contributed by atoms with E-state index in [0.29, 0.717) is 12.1 Å². The lowest BCUT2D eigenvalue weighted by Gasteiger charge is -2.13. The molecule has 0 aliphatic heterocycles. The van der Waals surface area contributed by atoms with Crippen molar-refractivity contribution in [3.8, 4) is 0 Å². The van der Waals surface area contributed by atoms with E-state index in [1.54, 1.807) is 30.3 Å². The lowest BCUT2D eigenvalue weighted by molar-refractivity contribution is 0.601. The summed E-state index contributed by atoms with van der Waals surface area (Å²) in [5.74, 6) is 0. The highest BCUT2D eigenvalue weighted by Gasteiger charge is 2.16. The van der Waals surface area contributed by atoms with Crippen molar-refractivity contribution in [2.24, 2.45) is 0 Å². The van der Waals surface area contributed by atoms with Crippen molar-refractivity contribution in [1.29, 1.82) is 0 Å². The first kappa shape index (κ1) is 17.4. The van der Waals surface area contributed by atoms with Crippen LogP contribution < -0.4 is 4.72 Å². The van der Waals surface area contributed by atoms with E-state index in [1.807, 2.05) is 49.5 Å². The number of rotatable bonds is 5. The summed E-state index contributed by atoms with van der Waals surface area (Å²) in [6, 6.07) is 22.5. The SMILES string of the molecule is Cc1ccc(S(=O)(=O)Nc2ccccc2Cc2c[nH]c3ccccc23)cc1. The zero-order chi connectivity index (χ0) is 18.9. The first-order valence-electron chi connectivity index (χ1n) is 8.75. The van der Waals surface area contributed by atoms with E-state index >= 15 is 0 Å². The van der Waals surface area contributed by atoms with Crippen molar-refractivity contribution in [3.05, 3.63) is 95.7 Å². The number of hydrogen-bond donors (Lipinski definition) is 2. The summed E-state index contributed by atoms with van der Waals surface area (Å²) in [5.41, 5.74) is 4.76. The highest BCUT2D eigenvalue weighted by molar-refractivity contribution is 7.92. The lowest BCUT2D eigenvalue weighted by atomic mass is 10.0. The van der Waals surface area contributed by atoms with Crippen molar-refractivity contribution in [2.75, 3.05) is 4.72 Å². The molecule has 1 aromatic heterocycles. The maximum Gasteiger partial charge on any atom is 0.261 e. The van der Waals surface area contributed by atoms with Crippen LogP contribution in [0, 0.1) is 6.92 Å². The van der Waals surface area contributed by atoms with Crippen LogP contribution in [0.2, 0.25) is 0 Å². The van der Waals surface area contributed by atoms with Gasteiger partial charge in [-0.1, -0.05) is 54.1 Å². The molecule has 0 saturated heterocycles. The quantitative estimate of drug-likeness (QED) is 0.522. The largest absolute Gasteiger partial charge is 0.361 e. The molecule has 0 saturated carbocycles. The van der Waals surface area contributed by atoms with Crippen LogP contribution in [0.25, 0.3) is 10.9 Å². The molecule has 5 heteroatoms. The Hall–Kier alpha value is -3.05. The van der Waals surface area contributed by atoms with Gasteiger partial charge < -0.3 is 4.98 Å². The maximum absolute atomic E-state index is 12.8. The number of aromatic nitrogens is 1. The van der Waals surface area contributed by atoms with Crippen molar-refractivity contribution >= 4 is 26.6 Å². The Labute approximate surface area is 158 Å². The predicted molar refractivity (Wildman–Crippen MR) is 110 cm³/mol. The number of aryl methyl sites for hydroxylation is 1. The second-order valence-electron chi connectivity index (χ2n) is 6.61. The van der Waals surface area contributed by atoms with Crippen molar-refractivity contribution in [1.82, 2.24) is 4.98 Å². The third-order valence-corrected chi connectivity index (χ3v) is 6.03. The van der Waals surface area contributed by atoms with Gasteiger partial charge in [-0.25, -0.2) is 8.42 Å².